The molecule has 0 fully saturated rings. The monoisotopic (exact) mass is 330 g/mol. The number of carbonyl (C=O) groups is 2. The van der Waals surface area contributed by atoms with Crippen LogP contribution in [0.15, 0.2) is 24.3 Å². The van der Waals surface area contributed by atoms with E-state index in [2.05, 4.69) is 25.8 Å². The first-order valence-corrected chi connectivity index (χ1v) is 7.61. The molecule has 0 spiro atoms. The number of hydrogen-bond donors (Lipinski definition) is 3. The highest BCUT2D eigenvalue weighted by Crippen LogP contribution is 2.16. The molecule has 0 saturated heterocycles. The molecule has 3 amide bonds. The van der Waals surface area contributed by atoms with E-state index in [1.165, 1.54) is 4.90 Å². The van der Waals surface area contributed by atoms with Crippen molar-refractivity contribution in [3.05, 3.63) is 41.5 Å². The first kappa shape index (κ1) is 17.5. The minimum atomic E-state index is -0.380. The number of aromatic amines is 1. The zero-order valence-electron chi connectivity index (χ0n) is 14.3. The van der Waals surface area contributed by atoms with Crippen LogP contribution in [-0.4, -0.2) is 46.1 Å². The molecular formula is C16H22N6O2. The molecule has 8 nitrogen and oxygen atoms in total. The Kier molecular flexibility index (Phi) is 5.51. The fourth-order valence-corrected chi connectivity index (χ4v) is 2.09. The van der Waals surface area contributed by atoms with Gasteiger partial charge in [-0.1, -0.05) is 18.2 Å². The normalized spacial score (nSPS) is 11.7. The molecule has 24 heavy (non-hydrogen) atoms. The Balaban J connectivity index is 2.02. The smallest absolute Gasteiger partial charge is 0.319 e. The second kappa shape index (κ2) is 7.58. The molecule has 0 aliphatic heterocycles. The zero-order chi connectivity index (χ0) is 17.7. The number of urea groups is 1. The van der Waals surface area contributed by atoms with E-state index in [9.17, 15) is 9.59 Å². The lowest BCUT2D eigenvalue weighted by Crippen LogP contribution is -2.32. The molecule has 0 saturated carbocycles. The predicted octanol–water partition coefficient (Wildman–Crippen LogP) is 1.63. The number of H-pyrrole nitrogens is 1. The van der Waals surface area contributed by atoms with Crippen LogP contribution in [-0.2, 0) is 11.2 Å². The molecule has 2 aromatic rings. The SMILES string of the molecule is Cc1nc([C@@H](C)NC(=O)Nc2ccccc2CC(=O)N(C)C)n[nH]1. The Morgan fingerprint density at radius 3 is 2.62 bits per heavy atom. The van der Waals surface area contributed by atoms with Gasteiger partial charge in [0.25, 0.3) is 0 Å². The molecule has 8 heteroatoms. The molecule has 0 bridgehead atoms. The molecule has 0 aliphatic carbocycles. The number of aryl methyl sites for hydroxylation is 1. The van der Waals surface area contributed by atoms with Crippen LogP contribution in [0.4, 0.5) is 10.5 Å². The van der Waals surface area contributed by atoms with Crippen LogP contribution in [0, 0.1) is 6.92 Å². The van der Waals surface area contributed by atoms with Crippen molar-refractivity contribution in [2.24, 2.45) is 0 Å². The highest BCUT2D eigenvalue weighted by atomic mass is 16.2. The third-order valence-corrected chi connectivity index (χ3v) is 3.46. The molecular weight excluding hydrogens is 308 g/mol. The lowest BCUT2D eigenvalue weighted by atomic mass is 10.1. The fraction of sp³-hybridized carbons (Fsp3) is 0.375. The average molecular weight is 330 g/mol. The summed E-state index contributed by atoms with van der Waals surface area (Å²) >= 11 is 0. The second-order valence-electron chi connectivity index (χ2n) is 5.72. The highest BCUT2D eigenvalue weighted by molar-refractivity contribution is 5.91. The molecule has 128 valence electrons. The second-order valence-corrected chi connectivity index (χ2v) is 5.72. The summed E-state index contributed by atoms with van der Waals surface area (Å²) in [4.78, 5) is 29.8. The van der Waals surface area contributed by atoms with Gasteiger partial charge in [-0.3, -0.25) is 9.89 Å². The highest BCUT2D eigenvalue weighted by Gasteiger charge is 2.15. The Morgan fingerprint density at radius 2 is 2.00 bits per heavy atom. The average Bonchev–Trinajstić information content (AvgIpc) is 2.95. The molecule has 1 heterocycles. The molecule has 0 aliphatic rings. The van der Waals surface area contributed by atoms with Gasteiger partial charge in [0.05, 0.1) is 12.5 Å². The number of rotatable bonds is 5. The summed E-state index contributed by atoms with van der Waals surface area (Å²) in [7, 11) is 3.40. The molecule has 1 aromatic carbocycles. The largest absolute Gasteiger partial charge is 0.349 e. The van der Waals surface area contributed by atoms with E-state index in [1.54, 1.807) is 40.1 Å². The molecule has 1 atom stereocenters. The summed E-state index contributed by atoms with van der Waals surface area (Å²) in [6.07, 6.45) is 0.221. The third-order valence-electron chi connectivity index (χ3n) is 3.46. The van der Waals surface area contributed by atoms with Crippen molar-refractivity contribution in [1.29, 1.82) is 0 Å². The number of para-hydroxylation sites is 1. The minimum Gasteiger partial charge on any atom is -0.349 e. The van der Waals surface area contributed by atoms with Crippen LogP contribution in [0.3, 0.4) is 0 Å². The van der Waals surface area contributed by atoms with Gasteiger partial charge in [0.1, 0.15) is 5.82 Å². The molecule has 0 unspecified atom stereocenters. The summed E-state index contributed by atoms with van der Waals surface area (Å²) in [5.74, 6) is 1.17. The van der Waals surface area contributed by atoms with Crippen molar-refractivity contribution in [2.75, 3.05) is 19.4 Å². The van der Waals surface area contributed by atoms with Crippen molar-refractivity contribution in [3.8, 4) is 0 Å². The van der Waals surface area contributed by atoms with E-state index < -0.39 is 0 Å². The van der Waals surface area contributed by atoms with Gasteiger partial charge in [0.15, 0.2) is 5.82 Å². The number of likely N-dealkylation sites (N-methyl/N-ethyl adjacent to an activating group) is 1. The lowest BCUT2D eigenvalue weighted by Gasteiger charge is -2.15. The van der Waals surface area contributed by atoms with Gasteiger partial charge in [0.2, 0.25) is 5.91 Å². The lowest BCUT2D eigenvalue weighted by molar-refractivity contribution is -0.127. The Labute approximate surface area is 140 Å². The van der Waals surface area contributed by atoms with Crippen LogP contribution >= 0.6 is 0 Å². The number of aromatic nitrogens is 3. The Hall–Kier alpha value is -2.90. The van der Waals surface area contributed by atoms with E-state index in [-0.39, 0.29) is 24.4 Å². The van der Waals surface area contributed by atoms with Crippen molar-refractivity contribution in [2.45, 2.75) is 26.3 Å². The maximum absolute atomic E-state index is 12.2. The van der Waals surface area contributed by atoms with Gasteiger partial charge in [-0.25, -0.2) is 9.78 Å². The number of anilines is 1. The molecule has 1 aromatic heterocycles. The third kappa shape index (κ3) is 4.55. The van der Waals surface area contributed by atoms with E-state index >= 15 is 0 Å². The molecule has 0 radical (unpaired) electrons. The van der Waals surface area contributed by atoms with Gasteiger partial charge >= 0.3 is 6.03 Å². The first-order chi connectivity index (χ1) is 11.4. The van der Waals surface area contributed by atoms with E-state index in [0.29, 0.717) is 17.3 Å². The maximum atomic E-state index is 12.2. The Morgan fingerprint density at radius 1 is 1.29 bits per heavy atom. The van der Waals surface area contributed by atoms with Crippen molar-refractivity contribution in [1.82, 2.24) is 25.4 Å². The Bertz CT molecular complexity index is 725. The summed E-state index contributed by atoms with van der Waals surface area (Å²) in [5.41, 5.74) is 1.36. The van der Waals surface area contributed by atoms with E-state index in [0.717, 1.165) is 5.56 Å². The minimum absolute atomic E-state index is 0.0331. The van der Waals surface area contributed by atoms with E-state index in [4.69, 9.17) is 0 Å². The van der Waals surface area contributed by atoms with E-state index in [1.807, 2.05) is 12.1 Å². The fourth-order valence-electron chi connectivity index (χ4n) is 2.09. The zero-order valence-corrected chi connectivity index (χ0v) is 14.3. The summed E-state index contributed by atoms with van der Waals surface area (Å²) in [6.45, 7) is 3.59. The van der Waals surface area contributed by atoms with Gasteiger partial charge in [-0.2, -0.15) is 5.10 Å². The summed E-state index contributed by atoms with van der Waals surface area (Å²) in [6, 6.07) is 6.50. The molecule has 2 rings (SSSR count). The summed E-state index contributed by atoms with van der Waals surface area (Å²) < 4.78 is 0. The van der Waals surface area contributed by atoms with Crippen LogP contribution in [0.1, 0.15) is 30.2 Å². The van der Waals surface area contributed by atoms with Gasteiger partial charge in [-0.05, 0) is 25.5 Å². The molecule has 3 N–H and O–H groups in total. The number of hydrogen-bond acceptors (Lipinski definition) is 4. The van der Waals surface area contributed by atoms with Crippen molar-refractivity contribution >= 4 is 17.6 Å². The predicted molar refractivity (Wildman–Crippen MR) is 90.5 cm³/mol. The number of nitrogens with one attached hydrogen (secondary N) is 3. The van der Waals surface area contributed by atoms with Crippen LogP contribution in [0.5, 0.6) is 0 Å². The number of carbonyl (C=O) groups excluding carboxylic acids is 2. The number of benzene rings is 1. The first-order valence-electron chi connectivity index (χ1n) is 7.61. The van der Waals surface area contributed by atoms with Crippen LogP contribution in [0.2, 0.25) is 0 Å². The standard InChI is InChI=1S/C16H22N6O2/c1-10(15-18-11(2)20-21-15)17-16(24)19-13-8-6-5-7-12(13)9-14(23)22(3)4/h5-8,10H,9H2,1-4H3,(H2,17,19,24)(H,18,20,21)/t10-/m1/s1. The van der Waals surface area contributed by atoms with Crippen molar-refractivity contribution < 1.29 is 9.59 Å². The summed E-state index contributed by atoms with van der Waals surface area (Å²) in [5, 5.41) is 12.3. The van der Waals surface area contributed by atoms with Crippen LogP contribution < -0.4 is 10.6 Å². The van der Waals surface area contributed by atoms with Crippen LogP contribution in [0.25, 0.3) is 0 Å². The van der Waals surface area contributed by atoms with Gasteiger partial charge < -0.3 is 15.5 Å². The number of amides is 3. The maximum Gasteiger partial charge on any atom is 0.319 e. The van der Waals surface area contributed by atoms with Gasteiger partial charge in [-0.15, -0.1) is 0 Å². The van der Waals surface area contributed by atoms with Gasteiger partial charge in [0, 0.05) is 19.8 Å². The number of nitrogens with zero attached hydrogens (tertiary/aromatic N) is 3. The quantitative estimate of drug-likeness (QED) is 0.775. The topological polar surface area (TPSA) is 103 Å². The van der Waals surface area contributed by atoms with Crippen molar-refractivity contribution in [3.63, 3.8) is 0 Å².